The maximum absolute atomic E-state index is 13.3. The predicted octanol–water partition coefficient (Wildman–Crippen LogP) is 3.00. The van der Waals surface area contributed by atoms with E-state index in [4.69, 9.17) is 0 Å². The van der Waals surface area contributed by atoms with Crippen molar-refractivity contribution < 1.29 is 4.39 Å². The first-order chi connectivity index (χ1) is 7.62. The monoisotopic (exact) mass is 220 g/mol. The summed E-state index contributed by atoms with van der Waals surface area (Å²) in [6.07, 6.45) is 2.43. The van der Waals surface area contributed by atoms with Crippen molar-refractivity contribution in [2.75, 3.05) is 16.8 Å². The zero-order valence-corrected chi connectivity index (χ0v) is 9.76. The minimum atomic E-state index is -0.149. The van der Waals surface area contributed by atoms with Crippen LogP contribution in [0.15, 0.2) is 18.2 Å². The number of nitrogens with one attached hydrogen (secondary N) is 1. The summed E-state index contributed by atoms with van der Waals surface area (Å²) < 4.78 is 13.3. The van der Waals surface area contributed by atoms with Crippen LogP contribution in [0.2, 0.25) is 0 Å². The molecule has 0 amide bonds. The number of hydrogen-bond donors (Lipinski definition) is 1. The molecule has 1 heterocycles. The van der Waals surface area contributed by atoms with Crippen LogP contribution in [0, 0.1) is 5.82 Å². The molecule has 0 saturated heterocycles. The van der Waals surface area contributed by atoms with Gasteiger partial charge in [0.25, 0.3) is 0 Å². The van der Waals surface area contributed by atoms with E-state index >= 15 is 0 Å². The molecule has 1 saturated carbocycles. The molecule has 1 aliphatic heterocycles. The van der Waals surface area contributed by atoms with Crippen molar-refractivity contribution in [1.82, 2.24) is 0 Å². The number of benzene rings is 1. The Morgan fingerprint density at radius 2 is 2.12 bits per heavy atom. The van der Waals surface area contributed by atoms with E-state index in [1.807, 2.05) is 6.07 Å². The quantitative estimate of drug-likeness (QED) is 0.782. The molecule has 86 valence electrons. The highest BCUT2D eigenvalue weighted by molar-refractivity contribution is 5.75. The molecule has 1 spiro atoms. The molecule has 16 heavy (non-hydrogen) atoms. The third-order valence-electron chi connectivity index (χ3n) is 3.68. The van der Waals surface area contributed by atoms with Gasteiger partial charge in [-0.05, 0) is 44.9 Å². The lowest BCUT2D eigenvalue weighted by atomic mass is 10.0. The number of nitrogens with zero attached hydrogens (tertiary/aromatic N) is 1. The summed E-state index contributed by atoms with van der Waals surface area (Å²) in [7, 11) is 0. The fourth-order valence-corrected chi connectivity index (χ4v) is 2.84. The van der Waals surface area contributed by atoms with Crippen LogP contribution in [0.4, 0.5) is 15.8 Å². The van der Waals surface area contributed by atoms with Gasteiger partial charge in [0.15, 0.2) is 0 Å². The second kappa shape index (κ2) is 3.12. The largest absolute Gasteiger partial charge is 0.381 e. The molecule has 3 heteroatoms. The molecule has 1 aromatic carbocycles. The van der Waals surface area contributed by atoms with Gasteiger partial charge in [-0.1, -0.05) is 0 Å². The smallest absolute Gasteiger partial charge is 0.125 e. The minimum absolute atomic E-state index is 0.149. The number of rotatable bonds is 1. The zero-order chi connectivity index (χ0) is 11.3. The highest BCUT2D eigenvalue weighted by atomic mass is 19.1. The van der Waals surface area contributed by atoms with Gasteiger partial charge in [0.1, 0.15) is 5.82 Å². The molecule has 2 nitrogen and oxygen atoms in total. The maximum Gasteiger partial charge on any atom is 0.125 e. The van der Waals surface area contributed by atoms with E-state index in [2.05, 4.69) is 24.1 Å². The van der Waals surface area contributed by atoms with Crippen LogP contribution in [-0.4, -0.2) is 18.1 Å². The Bertz CT molecular complexity index is 424. The van der Waals surface area contributed by atoms with Crippen molar-refractivity contribution in [2.24, 2.45) is 0 Å². The summed E-state index contributed by atoms with van der Waals surface area (Å²) in [5, 5.41) is 3.42. The Morgan fingerprint density at radius 3 is 2.75 bits per heavy atom. The molecule has 0 bridgehead atoms. The average Bonchev–Trinajstić information content (AvgIpc) is 2.97. The summed E-state index contributed by atoms with van der Waals surface area (Å²) >= 11 is 0. The van der Waals surface area contributed by atoms with Crippen LogP contribution in [0.25, 0.3) is 0 Å². The molecule has 1 aromatic rings. The predicted molar refractivity (Wildman–Crippen MR) is 64.5 cm³/mol. The van der Waals surface area contributed by atoms with Gasteiger partial charge in [-0.25, -0.2) is 4.39 Å². The standard InChI is InChI=1S/C13H17FN2/c1-9(2)16-12-7-10(14)3-4-11(12)15-8-13(16)5-6-13/h3-4,7,9,15H,5-6,8H2,1-2H3. The Kier molecular flexibility index (Phi) is 1.94. The number of fused-ring (bicyclic) bond motifs is 1. The second-order valence-electron chi connectivity index (χ2n) is 5.20. The molecule has 0 atom stereocenters. The summed E-state index contributed by atoms with van der Waals surface area (Å²) in [6, 6.07) is 5.44. The fraction of sp³-hybridized carbons (Fsp3) is 0.538. The van der Waals surface area contributed by atoms with Gasteiger partial charge < -0.3 is 10.2 Å². The van der Waals surface area contributed by atoms with Gasteiger partial charge in [-0.15, -0.1) is 0 Å². The van der Waals surface area contributed by atoms with Gasteiger partial charge in [0.2, 0.25) is 0 Å². The summed E-state index contributed by atoms with van der Waals surface area (Å²) in [4.78, 5) is 2.39. The van der Waals surface area contributed by atoms with Crippen molar-refractivity contribution in [3.05, 3.63) is 24.0 Å². The maximum atomic E-state index is 13.3. The van der Waals surface area contributed by atoms with Gasteiger partial charge >= 0.3 is 0 Å². The van der Waals surface area contributed by atoms with E-state index in [9.17, 15) is 4.39 Å². The van der Waals surface area contributed by atoms with Crippen molar-refractivity contribution >= 4 is 11.4 Å². The molecular weight excluding hydrogens is 203 g/mol. The molecule has 2 aliphatic rings. The highest BCUT2D eigenvalue weighted by Crippen LogP contribution is 2.50. The second-order valence-corrected chi connectivity index (χ2v) is 5.20. The van der Waals surface area contributed by atoms with E-state index in [1.165, 1.54) is 18.9 Å². The van der Waals surface area contributed by atoms with E-state index in [0.717, 1.165) is 17.9 Å². The lowest BCUT2D eigenvalue weighted by Gasteiger charge is -2.43. The molecule has 0 aromatic heterocycles. The van der Waals surface area contributed by atoms with E-state index < -0.39 is 0 Å². The molecule has 0 unspecified atom stereocenters. The van der Waals surface area contributed by atoms with Crippen LogP contribution < -0.4 is 10.2 Å². The van der Waals surface area contributed by atoms with Gasteiger partial charge in [-0.3, -0.25) is 0 Å². The topological polar surface area (TPSA) is 15.3 Å². The number of hydrogen-bond acceptors (Lipinski definition) is 2. The summed E-state index contributed by atoms with van der Waals surface area (Å²) in [5.41, 5.74) is 2.35. The lowest BCUT2D eigenvalue weighted by molar-refractivity contribution is 0.534. The van der Waals surface area contributed by atoms with Crippen LogP contribution in [0.3, 0.4) is 0 Å². The minimum Gasteiger partial charge on any atom is -0.381 e. The van der Waals surface area contributed by atoms with Gasteiger partial charge in [0, 0.05) is 12.6 Å². The Labute approximate surface area is 95.4 Å². The van der Waals surface area contributed by atoms with Crippen LogP contribution in [0.5, 0.6) is 0 Å². The lowest BCUT2D eigenvalue weighted by Crippen LogP contribution is -2.49. The molecular formula is C13H17FN2. The number of halogens is 1. The van der Waals surface area contributed by atoms with Crippen molar-refractivity contribution in [2.45, 2.75) is 38.3 Å². The van der Waals surface area contributed by atoms with Crippen LogP contribution >= 0.6 is 0 Å². The summed E-state index contributed by atoms with van der Waals surface area (Å²) in [6.45, 7) is 5.35. The number of anilines is 2. The van der Waals surface area contributed by atoms with E-state index in [1.54, 1.807) is 6.07 Å². The Morgan fingerprint density at radius 1 is 1.38 bits per heavy atom. The normalized spacial score (nSPS) is 20.9. The van der Waals surface area contributed by atoms with Gasteiger partial charge in [0.05, 0.1) is 16.9 Å². The average molecular weight is 220 g/mol. The SMILES string of the molecule is CC(C)N1c2cc(F)ccc2NCC12CC2. The van der Waals surface area contributed by atoms with E-state index in [0.29, 0.717) is 6.04 Å². The first kappa shape index (κ1) is 9.94. The van der Waals surface area contributed by atoms with Crippen molar-refractivity contribution in [3.8, 4) is 0 Å². The molecule has 3 rings (SSSR count). The van der Waals surface area contributed by atoms with Crippen molar-refractivity contribution in [3.63, 3.8) is 0 Å². The third-order valence-corrected chi connectivity index (χ3v) is 3.68. The van der Waals surface area contributed by atoms with Crippen molar-refractivity contribution in [1.29, 1.82) is 0 Å². The van der Waals surface area contributed by atoms with Crippen LogP contribution in [0.1, 0.15) is 26.7 Å². The van der Waals surface area contributed by atoms with Crippen LogP contribution in [-0.2, 0) is 0 Å². The third kappa shape index (κ3) is 1.30. The Hall–Kier alpha value is -1.25. The van der Waals surface area contributed by atoms with E-state index in [-0.39, 0.29) is 11.4 Å². The summed E-state index contributed by atoms with van der Waals surface area (Å²) in [5.74, 6) is -0.149. The molecule has 1 fully saturated rings. The zero-order valence-electron chi connectivity index (χ0n) is 9.76. The Balaban J connectivity index is 2.10. The molecule has 0 radical (unpaired) electrons. The molecule has 1 aliphatic carbocycles. The van der Waals surface area contributed by atoms with Gasteiger partial charge in [-0.2, -0.15) is 0 Å². The first-order valence-electron chi connectivity index (χ1n) is 5.95. The highest BCUT2D eigenvalue weighted by Gasteiger charge is 2.51. The fourth-order valence-electron chi connectivity index (χ4n) is 2.84. The first-order valence-corrected chi connectivity index (χ1v) is 5.95. The molecule has 1 N–H and O–H groups in total.